The van der Waals surface area contributed by atoms with E-state index in [1.165, 1.54) is 12.1 Å². The van der Waals surface area contributed by atoms with Crippen molar-refractivity contribution in [1.82, 2.24) is 15.3 Å². The number of carbonyl (C=O) groups is 1. The Morgan fingerprint density at radius 3 is 2.73 bits per heavy atom. The number of pyridine rings is 2. The van der Waals surface area contributed by atoms with Crippen molar-refractivity contribution in [3.63, 3.8) is 0 Å². The summed E-state index contributed by atoms with van der Waals surface area (Å²) >= 11 is 5.59. The number of rotatable bonds is 3. The summed E-state index contributed by atoms with van der Waals surface area (Å²) in [4.78, 5) is 20.8. The number of aryl methyl sites for hydroxylation is 1. The summed E-state index contributed by atoms with van der Waals surface area (Å²) in [7, 11) is 0. The molecule has 0 spiro atoms. The van der Waals surface area contributed by atoms with Crippen LogP contribution in [0, 0.1) is 6.92 Å². The fraction of sp³-hybridized carbons (Fsp3) is 0.167. The molecule has 0 bridgehead atoms. The number of aromatic nitrogens is 2. The molecule has 26 heavy (non-hydrogen) atoms. The van der Waals surface area contributed by atoms with Crippen LogP contribution in [0.3, 0.4) is 0 Å². The first-order chi connectivity index (χ1) is 12.3. The van der Waals surface area contributed by atoms with E-state index in [0.29, 0.717) is 27.9 Å². The number of fused-ring (bicyclic) bond motifs is 1. The zero-order valence-electron chi connectivity index (χ0n) is 13.6. The Hall–Kier alpha value is -2.67. The summed E-state index contributed by atoms with van der Waals surface area (Å²) in [5.74, 6) is -0.427. The quantitative estimate of drug-likeness (QED) is 0.726. The molecule has 0 fully saturated rings. The first kappa shape index (κ1) is 18.1. The number of nitrogens with zero attached hydrogens (tertiary/aromatic N) is 2. The molecule has 0 unspecified atom stereocenters. The van der Waals surface area contributed by atoms with E-state index in [0.717, 1.165) is 6.07 Å². The van der Waals surface area contributed by atoms with Crippen molar-refractivity contribution < 1.29 is 18.0 Å². The Morgan fingerprint density at radius 2 is 2.00 bits per heavy atom. The zero-order valence-corrected chi connectivity index (χ0v) is 14.3. The topological polar surface area (TPSA) is 54.9 Å². The number of alkyl halides is 3. The van der Waals surface area contributed by atoms with Gasteiger partial charge in [-0.05, 0) is 42.8 Å². The van der Waals surface area contributed by atoms with Crippen molar-refractivity contribution in [1.29, 1.82) is 0 Å². The van der Waals surface area contributed by atoms with Crippen LogP contribution >= 0.6 is 11.6 Å². The molecule has 0 aliphatic rings. The van der Waals surface area contributed by atoms with Gasteiger partial charge in [0.1, 0.15) is 0 Å². The van der Waals surface area contributed by atoms with Gasteiger partial charge in [0.15, 0.2) is 5.65 Å². The van der Waals surface area contributed by atoms with Gasteiger partial charge >= 0.3 is 6.18 Å². The van der Waals surface area contributed by atoms with E-state index < -0.39 is 17.6 Å². The third-order valence-corrected chi connectivity index (χ3v) is 4.14. The lowest BCUT2D eigenvalue weighted by atomic mass is 10.1. The van der Waals surface area contributed by atoms with Gasteiger partial charge in [-0.2, -0.15) is 13.2 Å². The normalized spacial score (nSPS) is 11.6. The van der Waals surface area contributed by atoms with Crippen molar-refractivity contribution >= 4 is 28.5 Å². The Labute approximate surface area is 152 Å². The Balaban J connectivity index is 1.80. The first-order valence-corrected chi connectivity index (χ1v) is 7.99. The van der Waals surface area contributed by atoms with Gasteiger partial charge in [-0.3, -0.25) is 4.79 Å². The van der Waals surface area contributed by atoms with Gasteiger partial charge in [0.25, 0.3) is 5.91 Å². The summed E-state index contributed by atoms with van der Waals surface area (Å²) in [5, 5.41) is 2.93. The van der Waals surface area contributed by atoms with E-state index >= 15 is 0 Å². The van der Waals surface area contributed by atoms with E-state index in [1.54, 1.807) is 31.3 Å². The fourth-order valence-corrected chi connectivity index (χ4v) is 2.73. The highest BCUT2D eigenvalue weighted by Crippen LogP contribution is 2.35. The number of nitrogens with one attached hydrogen (secondary N) is 1. The number of carbonyl (C=O) groups excluding carboxylic acids is 1. The van der Waals surface area contributed by atoms with E-state index in [2.05, 4.69) is 15.3 Å². The van der Waals surface area contributed by atoms with E-state index in [-0.39, 0.29) is 11.6 Å². The highest BCUT2D eigenvalue weighted by Gasteiger charge is 2.33. The van der Waals surface area contributed by atoms with Crippen molar-refractivity contribution in [3.05, 3.63) is 70.0 Å². The van der Waals surface area contributed by atoms with Crippen molar-refractivity contribution in [2.75, 3.05) is 0 Å². The molecule has 3 aromatic rings. The second-order valence-electron chi connectivity index (χ2n) is 5.67. The van der Waals surface area contributed by atoms with Crippen molar-refractivity contribution in [2.24, 2.45) is 0 Å². The lowest BCUT2D eigenvalue weighted by Gasteiger charge is -2.12. The molecule has 0 aliphatic heterocycles. The summed E-state index contributed by atoms with van der Waals surface area (Å²) in [6.45, 7) is 1.61. The van der Waals surface area contributed by atoms with Gasteiger partial charge in [-0.1, -0.05) is 17.7 Å². The van der Waals surface area contributed by atoms with Gasteiger partial charge < -0.3 is 5.32 Å². The van der Waals surface area contributed by atoms with Gasteiger partial charge in [-0.15, -0.1) is 0 Å². The molecule has 134 valence electrons. The molecule has 3 rings (SSSR count). The van der Waals surface area contributed by atoms with Gasteiger partial charge in [0.2, 0.25) is 0 Å². The average Bonchev–Trinajstić information content (AvgIpc) is 2.59. The van der Waals surface area contributed by atoms with E-state index in [1.807, 2.05) is 0 Å². The van der Waals surface area contributed by atoms with Gasteiger partial charge in [0, 0.05) is 18.1 Å². The Bertz CT molecular complexity index is 989. The highest BCUT2D eigenvalue weighted by atomic mass is 35.5. The van der Waals surface area contributed by atoms with E-state index in [9.17, 15) is 18.0 Å². The summed E-state index contributed by atoms with van der Waals surface area (Å²) in [6.07, 6.45) is -2.95. The monoisotopic (exact) mass is 379 g/mol. The molecular formula is C18H13ClF3N3O. The lowest BCUT2D eigenvalue weighted by molar-refractivity contribution is -0.137. The molecule has 0 aliphatic carbocycles. The third-order valence-electron chi connectivity index (χ3n) is 3.81. The van der Waals surface area contributed by atoms with Crippen LogP contribution in [0.4, 0.5) is 13.2 Å². The van der Waals surface area contributed by atoms with Crippen LogP contribution in [0.5, 0.6) is 0 Å². The molecule has 8 heteroatoms. The molecule has 2 heterocycles. The smallest absolute Gasteiger partial charge is 0.348 e. The predicted molar refractivity (Wildman–Crippen MR) is 91.9 cm³/mol. The molecular weight excluding hydrogens is 367 g/mol. The highest BCUT2D eigenvalue weighted by molar-refractivity contribution is 6.31. The standard InChI is InChI=1S/C18H13ClF3N3O/c1-10-13(8-12-3-2-6-23-16(12)25-10)17(26)24-9-11-4-5-15(19)14(7-11)18(20,21)22/h2-8H,9H2,1H3,(H,24,26). The van der Waals surface area contributed by atoms with Crippen LogP contribution in [-0.2, 0) is 12.7 Å². The second-order valence-corrected chi connectivity index (χ2v) is 6.07. The molecule has 2 aromatic heterocycles. The average molecular weight is 380 g/mol. The van der Waals surface area contributed by atoms with Crippen LogP contribution in [0.15, 0.2) is 42.6 Å². The lowest BCUT2D eigenvalue weighted by Crippen LogP contribution is -2.24. The first-order valence-electron chi connectivity index (χ1n) is 7.62. The summed E-state index contributed by atoms with van der Waals surface area (Å²) in [5.41, 5.74) is 0.717. The van der Waals surface area contributed by atoms with Gasteiger partial charge in [0.05, 0.1) is 21.8 Å². The largest absolute Gasteiger partial charge is 0.417 e. The number of hydrogen-bond donors (Lipinski definition) is 1. The van der Waals surface area contributed by atoms with Crippen LogP contribution in [0.2, 0.25) is 5.02 Å². The molecule has 0 atom stereocenters. The zero-order chi connectivity index (χ0) is 18.9. The fourth-order valence-electron chi connectivity index (χ4n) is 2.50. The molecule has 0 radical (unpaired) electrons. The maximum Gasteiger partial charge on any atom is 0.417 e. The molecule has 1 N–H and O–H groups in total. The maximum atomic E-state index is 12.9. The van der Waals surface area contributed by atoms with Crippen molar-refractivity contribution in [3.8, 4) is 0 Å². The molecule has 1 aromatic carbocycles. The minimum atomic E-state index is -4.55. The van der Waals surface area contributed by atoms with Crippen LogP contribution in [0.1, 0.15) is 27.2 Å². The van der Waals surface area contributed by atoms with Crippen LogP contribution in [-0.4, -0.2) is 15.9 Å². The Kier molecular flexibility index (Phi) is 4.82. The van der Waals surface area contributed by atoms with Crippen LogP contribution < -0.4 is 5.32 Å². The maximum absolute atomic E-state index is 12.9. The molecule has 0 saturated heterocycles. The number of amides is 1. The predicted octanol–water partition coefficient (Wildman–Crippen LogP) is 4.54. The number of hydrogen-bond acceptors (Lipinski definition) is 3. The van der Waals surface area contributed by atoms with Crippen LogP contribution in [0.25, 0.3) is 11.0 Å². The number of benzene rings is 1. The van der Waals surface area contributed by atoms with E-state index in [4.69, 9.17) is 11.6 Å². The molecule has 0 saturated carbocycles. The SMILES string of the molecule is Cc1nc2ncccc2cc1C(=O)NCc1ccc(Cl)c(C(F)(F)F)c1. The molecule has 1 amide bonds. The summed E-state index contributed by atoms with van der Waals surface area (Å²) in [6, 6.07) is 8.70. The summed E-state index contributed by atoms with van der Waals surface area (Å²) < 4.78 is 38.7. The molecule has 4 nitrogen and oxygen atoms in total. The minimum absolute atomic E-state index is 0.0659. The van der Waals surface area contributed by atoms with Crippen molar-refractivity contribution in [2.45, 2.75) is 19.6 Å². The number of halogens is 4. The second kappa shape index (κ2) is 6.92. The minimum Gasteiger partial charge on any atom is -0.348 e. The van der Waals surface area contributed by atoms with Gasteiger partial charge in [-0.25, -0.2) is 9.97 Å². The Morgan fingerprint density at radius 1 is 1.23 bits per heavy atom. The third kappa shape index (κ3) is 3.77.